The number of para-hydroxylation sites is 1. The van der Waals surface area contributed by atoms with Crippen molar-refractivity contribution in [1.82, 2.24) is 36.1 Å². The van der Waals surface area contributed by atoms with Crippen LogP contribution in [-0.2, 0) is 41.6 Å². The fraction of sp³-hybridized carbons (Fsp3) is 0.435. The molecule has 0 radical (unpaired) electrons. The van der Waals surface area contributed by atoms with Crippen molar-refractivity contribution < 1.29 is 33.9 Å². The van der Waals surface area contributed by atoms with Crippen molar-refractivity contribution in [3.8, 4) is 0 Å². The maximum atomic E-state index is 14.9. The zero-order chi connectivity index (χ0) is 46.9. The van der Waals surface area contributed by atoms with E-state index in [1.165, 1.54) is 9.80 Å². The Bertz CT molecular complexity index is 2490. The molecule has 20 heteroatoms. The second kappa shape index (κ2) is 21.2. The van der Waals surface area contributed by atoms with Gasteiger partial charge in [-0.25, -0.2) is 0 Å². The second-order valence-electron chi connectivity index (χ2n) is 17.1. The van der Waals surface area contributed by atoms with Gasteiger partial charge in [0, 0.05) is 56.1 Å². The van der Waals surface area contributed by atoms with Crippen LogP contribution in [0.4, 0.5) is 0 Å². The van der Waals surface area contributed by atoms with Crippen molar-refractivity contribution in [2.75, 3.05) is 26.2 Å². The first-order valence-electron chi connectivity index (χ1n) is 22.4. The molecule has 0 spiro atoms. The van der Waals surface area contributed by atoms with Gasteiger partial charge < -0.3 is 64.1 Å². The quantitative estimate of drug-likeness (QED) is 0.0473. The number of H-pyrrole nitrogens is 1. The van der Waals surface area contributed by atoms with Crippen LogP contribution in [-0.4, -0.2) is 136 Å². The summed E-state index contributed by atoms with van der Waals surface area (Å²) in [7, 11) is 0. The van der Waals surface area contributed by atoms with E-state index in [4.69, 9.17) is 22.9 Å². The van der Waals surface area contributed by atoms with Crippen molar-refractivity contribution in [2.45, 2.75) is 100 Å². The zero-order valence-corrected chi connectivity index (χ0v) is 36.7. The first-order chi connectivity index (χ1) is 31.8. The summed E-state index contributed by atoms with van der Waals surface area (Å²) in [5, 5.41) is 25.2. The highest BCUT2D eigenvalue weighted by Gasteiger charge is 2.47. The van der Waals surface area contributed by atoms with Crippen LogP contribution in [0.5, 0.6) is 0 Å². The smallest absolute Gasteiger partial charge is 0.246 e. The molecule has 6 amide bonds. The summed E-state index contributed by atoms with van der Waals surface area (Å²) in [6.07, 6.45) is 1.79. The minimum atomic E-state index is -1.39. The topological polar surface area (TPSA) is 322 Å². The van der Waals surface area contributed by atoms with Crippen LogP contribution < -0.4 is 44.2 Å². The van der Waals surface area contributed by atoms with Gasteiger partial charge in [-0.05, 0) is 72.9 Å². The highest BCUT2D eigenvalue weighted by molar-refractivity contribution is 5.99. The Labute approximate surface area is 381 Å². The van der Waals surface area contributed by atoms with Gasteiger partial charge in [0.25, 0.3) is 0 Å². The predicted molar refractivity (Wildman–Crippen MR) is 248 cm³/mol. The lowest BCUT2D eigenvalue weighted by Crippen LogP contribution is -2.62. The number of hydrogen-bond donors (Lipinski definition) is 10. The Kier molecular flexibility index (Phi) is 15.0. The number of rotatable bonds is 12. The third-order valence-corrected chi connectivity index (χ3v) is 12.5. The molecule has 20 nitrogen and oxygen atoms in total. The summed E-state index contributed by atoms with van der Waals surface area (Å²) in [4.78, 5) is 102. The van der Waals surface area contributed by atoms with Crippen molar-refractivity contribution in [1.29, 1.82) is 0 Å². The van der Waals surface area contributed by atoms with Gasteiger partial charge in [-0.1, -0.05) is 60.7 Å². The minimum absolute atomic E-state index is 0.00721. The summed E-state index contributed by atoms with van der Waals surface area (Å²) in [5.41, 5.74) is 24.6. The highest BCUT2D eigenvalue weighted by atomic mass is 16.3. The number of aromatic nitrogens is 1. The number of carbonyl (C=O) groups is 6. The van der Waals surface area contributed by atoms with Crippen molar-refractivity contribution in [2.24, 2.45) is 32.9 Å². The fourth-order valence-electron chi connectivity index (χ4n) is 9.26. The Morgan fingerprint density at radius 3 is 1.86 bits per heavy atom. The minimum Gasteiger partial charge on any atom is -0.390 e. The number of carbonyl (C=O) groups excluding carboxylic acids is 6. The molecule has 3 aliphatic rings. The molecule has 4 aromatic rings. The average Bonchev–Trinajstić information content (AvgIpc) is 4.06. The molecule has 3 aromatic carbocycles. The Morgan fingerprint density at radius 1 is 0.606 bits per heavy atom. The number of hydrogen-bond acceptors (Lipinski definition) is 9. The van der Waals surface area contributed by atoms with Crippen LogP contribution >= 0.6 is 0 Å². The van der Waals surface area contributed by atoms with Crippen LogP contribution in [0.25, 0.3) is 21.7 Å². The monoisotopic (exact) mass is 905 g/mol. The van der Waals surface area contributed by atoms with E-state index in [0.717, 1.165) is 27.2 Å². The van der Waals surface area contributed by atoms with Gasteiger partial charge in [-0.2, -0.15) is 0 Å². The van der Waals surface area contributed by atoms with Gasteiger partial charge >= 0.3 is 0 Å². The molecule has 0 unspecified atom stereocenters. The Morgan fingerprint density at radius 2 is 1.18 bits per heavy atom. The van der Waals surface area contributed by atoms with Crippen LogP contribution in [0.3, 0.4) is 0 Å². The van der Waals surface area contributed by atoms with E-state index in [1.54, 1.807) is 6.20 Å². The maximum absolute atomic E-state index is 14.9. The maximum Gasteiger partial charge on any atom is 0.246 e. The fourth-order valence-corrected chi connectivity index (χ4v) is 9.26. The normalized spacial score (nSPS) is 24.4. The van der Waals surface area contributed by atoms with Crippen LogP contribution in [0.1, 0.15) is 56.1 Å². The van der Waals surface area contributed by atoms with Gasteiger partial charge in [0.05, 0.1) is 6.10 Å². The molecule has 350 valence electrons. The molecule has 3 aliphatic heterocycles. The average molecular weight is 906 g/mol. The van der Waals surface area contributed by atoms with Crippen molar-refractivity contribution in [3.05, 3.63) is 84.1 Å². The van der Waals surface area contributed by atoms with Crippen molar-refractivity contribution >= 4 is 69.0 Å². The summed E-state index contributed by atoms with van der Waals surface area (Å²) < 4.78 is 0. The number of nitrogens with one attached hydrogen (secondary N) is 5. The van der Waals surface area contributed by atoms with Gasteiger partial charge in [0.2, 0.25) is 35.4 Å². The second-order valence-corrected chi connectivity index (χ2v) is 17.1. The lowest BCUT2D eigenvalue weighted by Gasteiger charge is -2.34. The molecule has 0 aliphatic carbocycles. The number of aliphatic hydroxyl groups is 1. The molecule has 4 heterocycles. The molecule has 7 rings (SSSR count). The SMILES string of the molecule is NC(N)=NCCC[C@@H]1NC(=O)[C@@H](CCCN=C(N)N)NC(=O)[C@H](Cc2cccc3ccccc23)NC(=O)[C@@H]2[C@H](O)CCN2C(=O)[C@H]2CCCN2C(=O)[C@H](Cc2c[nH]c3ccccc23)NC1=O. The molecule has 0 bridgehead atoms. The van der Waals surface area contributed by atoms with E-state index in [-0.39, 0.29) is 89.5 Å². The number of aliphatic imine (C=N–C) groups is 2. The number of guanidine groups is 2. The van der Waals surface area contributed by atoms with Crippen LogP contribution in [0.2, 0.25) is 0 Å². The third-order valence-electron chi connectivity index (χ3n) is 12.5. The van der Waals surface area contributed by atoms with E-state index < -0.39 is 77.8 Å². The Balaban J connectivity index is 1.29. The predicted octanol–water partition coefficient (Wildman–Crippen LogP) is -0.881. The summed E-state index contributed by atoms with van der Waals surface area (Å²) in [5.74, 6) is -4.31. The van der Waals surface area contributed by atoms with Crippen LogP contribution in [0.15, 0.2) is 82.9 Å². The number of nitrogens with two attached hydrogens (primary N) is 4. The summed E-state index contributed by atoms with van der Waals surface area (Å²) >= 11 is 0. The van der Waals surface area contributed by atoms with E-state index in [0.29, 0.717) is 12.0 Å². The van der Waals surface area contributed by atoms with E-state index >= 15 is 0 Å². The van der Waals surface area contributed by atoms with E-state index in [9.17, 15) is 33.9 Å². The largest absolute Gasteiger partial charge is 0.390 e. The highest BCUT2D eigenvalue weighted by Crippen LogP contribution is 2.28. The van der Waals surface area contributed by atoms with E-state index in [1.807, 2.05) is 66.7 Å². The molecule has 3 fully saturated rings. The third kappa shape index (κ3) is 11.0. The molecule has 66 heavy (non-hydrogen) atoms. The Hall–Kier alpha value is -7.22. The molecule has 0 saturated carbocycles. The number of aromatic amines is 1. The molecular weight excluding hydrogens is 847 g/mol. The van der Waals surface area contributed by atoms with Gasteiger partial charge in [-0.15, -0.1) is 0 Å². The molecule has 3 saturated heterocycles. The lowest BCUT2D eigenvalue weighted by atomic mass is 9.97. The first kappa shape index (κ1) is 46.8. The molecule has 14 N–H and O–H groups in total. The van der Waals surface area contributed by atoms with E-state index in [2.05, 4.69) is 36.2 Å². The van der Waals surface area contributed by atoms with Crippen LogP contribution in [0, 0.1) is 0 Å². The molecule has 1 aromatic heterocycles. The number of aliphatic hydroxyl groups excluding tert-OH is 1. The lowest BCUT2D eigenvalue weighted by molar-refractivity contribution is -0.149. The standard InChI is InChI=1S/C46H59N13O7/c47-45(48)51-19-6-15-32-39(61)54-33(16-7-20-52-46(49)50)40(62)57-35(24-28-25-53-31-14-4-3-13-30(28)31)43(65)58-21-8-17-36(58)44(66)59-22-18-37(60)38(59)42(64)56-34(41(63)55-32)23-27-11-5-10-26-9-1-2-12-29(26)27/h1-5,9-14,25,32-38,53,60H,6-8,15-24H2,(H,54,61)(H,55,63)(H,56,64)(H,57,62)(H4,47,48,51)(H4,49,50,52)/t32-,33+,34+,35+,36-,37-,38+/m1/s1. The zero-order valence-electron chi connectivity index (χ0n) is 36.7. The summed E-state index contributed by atoms with van der Waals surface area (Å²) in [6.45, 7) is 0.443. The number of fused-ring (bicyclic) bond motifs is 4. The van der Waals surface area contributed by atoms with Gasteiger partial charge in [-0.3, -0.25) is 38.8 Å². The summed E-state index contributed by atoms with van der Waals surface area (Å²) in [6, 6.07) is 13.2. The molecular formula is C46H59N13O7. The molecule has 7 atom stereocenters. The first-order valence-corrected chi connectivity index (χ1v) is 22.4. The van der Waals surface area contributed by atoms with Gasteiger partial charge in [0.1, 0.15) is 36.3 Å². The van der Waals surface area contributed by atoms with Gasteiger partial charge in [0.15, 0.2) is 11.9 Å². The number of nitrogens with zero attached hydrogens (tertiary/aromatic N) is 4. The number of benzene rings is 3. The number of amides is 6. The van der Waals surface area contributed by atoms with Crippen molar-refractivity contribution in [3.63, 3.8) is 0 Å².